The minimum atomic E-state index is -2.95. The molecule has 1 unspecified atom stereocenters. The Bertz CT molecular complexity index is 468. The number of hydrogen-bond donors (Lipinski definition) is 1. The Hall–Kier alpha value is -0.110. The van der Waals surface area contributed by atoms with Gasteiger partial charge in [0.05, 0.1) is 11.4 Å². The van der Waals surface area contributed by atoms with Crippen LogP contribution in [0.3, 0.4) is 0 Å². The molecule has 0 bridgehead atoms. The summed E-state index contributed by atoms with van der Waals surface area (Å²) >= 11 is 3.43. The van der Waals surface area contributed by atoms with E-state index >= 15 is 0 Å². The third-order valence-electron chi connectivity index (χ3n) is 2.29. The number of rotatable bonds is 7. The zero-order chi connectivity index (χ0) is 13.8. The maximum atomic E-state index is 11.1. The highest BCUT2D eigenvalue weighted by Gasteiger charge is 2.13. The first-order valence-electron chi connectivity index (χ1n) is 5.77. The van der Waals surface area contributed by atoms with Gasteiger partial charge in [-0.3, -0.25) is 0 Å². The zero-order valence-corrected chi connectivity index (χ0v) is 13.4. The van der Waals surface area contributed by atoms with Gasteiger partial charge in [-0.25, -0.2) is 13.4 Å². The summed E-state index contributed by atoms with van der Waals surface area (Å²) in [5.41, 5.74) is 6.75. The number of nitrogens with zero attached hydrogens (tertiary/aromatic N) is 1. The van der Waals surface area contributed by atoms with Gasteiger partial charge in [0.1, 0.15) is 14.8 Å². The molecule has 0 radical (unpaired) electrons. The third-order valence-corrected chi connectivity index (χ3v) is 5.42. The second-order valence-electron chi connectivity index (χ2n) is 4.55. The van der Waals surface area contributed by atoms with Gasteiger partial charge < -0.3 is 5.73 Å². The molecule has 1 heterocycles. The lowest BCUT2D eigenvalue weighted by atomic mass is 10.2. The van der Waals surface area contributed by atoms with Crippen LogP contribution < -0.4 is 5.73 Å². The molecule has 7 heteroatoms. The van der Waals surface area contributed by atoms with Crippen LogP contribution in [0.4, 0.5) is 0 Å². The highest BCUT2D eigenvalue weighted by Crippen LogP contribution is 2.23. The summed E-state index contributed by atoms with van der Waals surface area (Å²) in [6.07, 6.45) is 1.66. The van der Waals surface area contributed by atoms with E-state index in [1.54, 1.807) is 11.3 Å². The summed E-state index contributed by atoms with van der Waals surface area (Å²) in [5.74, 6) is 1.00. The zero-order valence-electron chi connectivity index (χ0n) is 10.9. The van der Waals surface area contributed by atoms with Gasteiger partial charge in [0.15, 0.2) is 0 Å². The Balaban J connectivity index is 2.51. The van der Waals surface area contributed by atoms with Crippen molar-refractivity contribution in [2.45, 2.75) is 37.3 Å². The van der Waals surface area contributed by atoms with Gasteiger partial charge in [0.25, 0.3) is 0 Å². The van der Waals surface area contributed by atoms with Gasteiger partial charge in [0, 0.05) is 23.4 Å². The lowest BCUT2D eigenvalue weighted by Crippen LogP contribution is -2.16. The molecule has 0 aliphatic heterocycles. The summed E-state index contributed by atoms with van der Waals surface area (Å²) in [6.45, 7) is 4.30. The van der Waals surface area contributed by atoms with E-state index in [0.717, 1.165) is 16.5 Å². The van der Waals surface area contributed by atoms with Crippen molar-refractivity contribution < 1.29 is 8.42 Å². The largest absolute Gasteiger partial charge is 0.323 e. The predicted molar refractivity (Wildman–Crippen MR) is 79.8 cm³/mol. The number of nitrogens with two attached hydrogens (primary N) is 1. The molecule has 0 spiro atoms. The first kappa shape index (κ1) is 15.9. The van der Waals surface area contributed by atoms with Crippen LogP contribution in [-0.4, -0.2) is 30.7 Å². The van der Waals surface area contributed by atoms with E-state index in [4.69, 9.17) is 5.73 Å². The molecular weight excluding hydrogens is 288 g/mol. The van der Waals surface area contributed by atoms with Gasteiger partial charge in [0.2, 0.25) is 0 Å². The van der Waals surface area contributed by atoms with Crippen molar-refractivity contribution in [2.75, 3.05) is 12.0 Å². The predicted octanol–water partition coefficient (Wildman–Crippen LogP) is 2.22. The van der Waals surface area contributed by atoms with Crippen LogP contribution in [0.2, 0.25) is 0 Å². The monoisotopic (exact) mass is 308 g/mol. The average Bonchev–Trinajstić information content (AvgIpc) is 2.70. The van der Waals surface area contributed by atoms with E-state index in [-0.39, 0.29) is 11.8 Å². The summed E-state index contributed by atoms with van der Waals surface area (Å²) in [6, 6.07) is -0.284. The van der Waals surface area contributed by atoms with Crippen molar-refractivity contribution in [1.82, 2.24) is 4.98 Å². The Morgan fingerprint density at radius 1 is 1.50 bits per heavy atom. The number of aromatic nitrogens is 1. The van der Waals surface area contributed by atoms with Crippen LogP contribution in [0.25, 0.3) is 0 Å². The van der Waals surface area contributed by atoms with E-state index < -0.39 is 9.84 Å². The molecule has 0 fully saturated rings. The van der Waals surface area contributed by atoms with Crippen molar-refractivity contribution in [3.63, 3.8) is 0 Å². The molecule has 1 rings (SSSR count). The summed E-state index contributed by atoms with van der Waals surface area (Å²) in [5, 5.41) is 3.57. The Kier molecular flexibility index (Phi) is 6.10. The summed E-state index contributed by atoms with van der Waals surface area (Å²) in [4.78, 5) is 4.46. The van der Waals surface area contributed by atoms with E-state index in [0.29, 0.717) is 11.7 Å². The minimum absolute atomic E-state index is 0.113. The summed E-state index contributed by atoms with van der Waals surface area (Å²) in [7, 11) is -2.95. The topological polar surface area (TPSA) is 73.0 Å². The maximum Gasteiger partial charge on any atom is 0.147 e. The molecule has 1 aromatic rings. The van der Waals surface area contributed by atoms with Crippen LogP contribution in [0.15, 0.2) is 5.38 Å². The Morgan fingerprint density at radius 2 is 2.17 bits per heavy atom. The SMILES string of the molecule is CC(C)SCc1nc(C(N)CCS(C)(=O)=O)cs1. The second kappa shape index (κ2) is 6.88. The molecule has 1 aromatic heterocycles. The van der Waals surface area contributed by atoms with Gasteiger partial charge in [-0.1, -0.05) is 13.8 Å². The molecule has 0 saturated carbocycles. The van der Waals surface area contributed by atoms with Crippen molar-refractivity contribution in [3.05, 3.63) is 16.1 Å². The molecular formula is C11H20N2O2S3. The van der Waals surface area contributed by atoms with Crippen LogP contribution in [0.5, 0.6) is 0 Å². The van der Waals surface area contributed by atoms with Crippen LogP contribution >= 0.6 is 23.1 Å². The van der Waals surface area contributed by atoms with Crippen molar-refractivity contribution in [3.8, 4) is 0 Å². The van der Waals surface area contributed by atoms with Crippen molar-refractivity contribution in [1.29, 1.82) is 0 Å². The Labute approximate surface area is 117 Å². The van der Waals surface area contributed by atoms with Gasteiger partial charge in [-0.15, -0.1) is 11.3 Å². The molecule has 0 saturated heterocycles. The number of sulfone groups is 1. The van der Waals surface area contributed by atoms with Crippen molar-refractivity contribution in [2.24, 2.45) is 5.73 Å². The minimum Gasteiger partial charge on any atom is -0.323 e. The van der Waals surface area contributed by atoms with E-state index in [1.807, 2.05) is 17.1 Å². The molecule has 0 aromatic carbocycles. The fourth-order valence-corrected chi connectivity index (χ4v) is 3.63. The van der Waals surface area contributed by atoms with E-state index in [1.165, 1.54) is 6.26 Å². The maximum absolute atomic E-state index is 11.1. The smallest absolute Gasteiger partial charge is 0.147 e. The van der Waals surface area contributed by atoms with Crippen LogP contribution in [0.1, 0.15) is 37.0 Å². The third kappa shape index (κ3) is 6.17. The molecule has 0 aliphatic carbocycles. The molecule has 0 amide bonds. The summed E-state index contributed by atoms with van der Waals surface area (Å²) < 4.78 is 22.1. The Morgan fingerprint density at radius 3 is 2.72 bits per heavy atom. The highest BCUT2D eigenvalue weighted by molar-refractivity contribution is 7.99. The van der Waals surface area contributed by atoms with E-state index in [2.05, 4.69) is 18.8 Å². The molecule has 0 aliphatic rings. The first-order chi connectivity index (χ1) is 8.28. The normalized spacial score (nSPS) is 14.1. The average molecular weight is 308 g/mol. The van der Waals surface area contributed by atoms with Gasteiger partial charge in [-0.2, -0.15) is 11.8 Å². The second-order valence-corrected chi connectivity index (χ2v) is 9.32. The van der Waals surface area contributed by atoms with Crippen molar-refractivity contribution >= 4 is 32.9 Å². The molecule has 1 atom stereocenters. The fourth-order valence-electron chi connectivity index (χ4n) is 1.29. The van der Waals surface area contributed by atoms with Crippen LogP contribution in [-0.2, 0) is 15.6 Å². The highest BCUT2D eigenvalue weighted by atomic mass is 32.2. The number of hydrogen-bond acceptors (Lipinski definition) is 6. The molecule has 18 heavy (non-hydrogen) atoms. The lowest BCUT2D eigenvalue weighted by molar-refractivity contribution is 0.590. The molecule has 4 nitrogen and oxygen atoms in total. The van der Waals surface area contributed by atoms with Crippen LogP contribution in [0, 0.1) is 0 Å². The van der Waals surface area contributed by atoms with Gasteiger partial charge >= 0.3 is 0 Å². The van der Waals surface area contributed by atoms with E-state index in [9.17, 15) is 8.42 Å². The van der Waals surface area contributed by atoms with Gasteiger partial charge in [-0.05, 0) is 11.7 Å². The quantitative estimate of drug-likeness (QED) is 0.836. The molecule has 2 N–H and O–H groups in total. The fraction of sp³-hybridized carbons (Fsp3) is 0.727. The number of thiazole rings is 1. The molecule has 104 valence electrons. The standard InChI is InChI=1S/C11H20N2O2S3/c1-8(2)16-7-11-13-10(6-17-11)9(12)4-5-18(3,14)15/h6,8-9H,4-5,7,12H2,1-3H3. The number of thioether (sulfide) groups is 1. The first-order valence-corrected chi connectivity index (χ1v) is 9.76. The lowest BCUT2D eigenvalue weighted by Gasteiger charge is -2.07.